The maximum Gasteiger partial charge on any atom is 0.0211 e. The molecule has 1 aromatic rings. The first-order valence-corrected chi connectivity index (χ1v) is 6.42. The van der Waals surface area contributed by atoms with Crippen molar-refractivity contribution in [3.63, 3.8) is 0 Å². The van der Waals surface area contributed by atoms with E-state index in [9.17, 15) is 0 Å². The van der Waals surface area contributed by atoms with Gasteiger partial charge >= 0.3 is 0 Å². The molecule has 0 heteroatoms. The van der Waals surface area contributed by atoms with Crippen LogP contribution in [0, 0.1) is 0 Å². The molecule has 0 saturated heterocycles. The first kappa shape index (κ1) is 8.81. The lowest BCUT2D eigenvalue weighted by Crippen LogP contribution is -2.21. The molecule has 16 heavy (non-hydrogen) atoms. The lowest BCUT2D eigenvalue weighted by Gasteiger charge is -2.27. The number of fused-ring (bicyclic) bond motifs is 4. The van der Waals surface area contributed by atoms with Gasteiger partial charge in [0, 0.05) is 5.41 Å². The summed E-state index contributed by atoms with van der Waals surface area (Å²) < 4.78 is 0. The third kappa shape index (κ3) is 0.870. The van der Waals surface area contributed by atoms with Gasteiger partial charge in [-0.2, -0.15) is 0 Å². The zero-order chi connectivity index (χ0) is 10.6. The highest BCUT2D eigenvalue weighted by molar-refractivity contribution is 5.85. The Morgan fingerprint density at radius 2 is 1.81 bits per heavy atom. The minimum atomic E-state index is 0.416. The second kappa shape index (κ2) is 2.88. The molecule has 80 valence electrons. The number of allylic oxidation sites excluding steroid dienone is 4. The summed E-state index contributed by atoms with van der Waals surface area (Å²) in [4.78, 5) is 0. The summed E-state index contributed by atoms with van der Waals surface area (Å²) in [6.45, 7) is 0. The van der Waals surface area contributed by atoms with Crippen molar-refractivity contribution in [2.24, 2.45) is 0 Å². The highest BCUT2D eigenvalue weighted by Crippen LogP contribution is 2.57. The fourth-order valence-corrected chi connectivity index (χ4v) is 4.03. The molecule has 1 spiro atoms. The van der Waals surface area contributed by atoms with Crippen molar-refractivity contribution in [3.8, 4) is 0 Å². The van der Waals surface area contributed by atoms with Crippen LogP contribution in [0.3, 0.4) is 0 Å². The van der Waals surface area contributed by atoms with E-state index < -0.39 is 0 Å². The Morgan fingerprint density at radius 3 is 2.69 bits per heavy atom. The molecular formula is C16H16. The Labute approximate surface area is 96.7 Å². The van der Waals surface area contributed by atoms with E-state index in [1.807, 2.05) is 0 Å². The first-order chi connectivity index (χ1) is 7.92. The van der Waals surface area contributed by atoms with Gasteiger partial charge < -0.3 is 0 Å². The topological polar surface area (TPSA) is 0 Å². The number of hydrogen-bond acceptors (Lipinski definition) is 0. The third-order valence-electron chi connectivity index (χ3n) is 4.67. The smallest absolute Gasteiger partial charge is 0.0211 e. The maximum atomic E-state index is 2.40. The third-order valence-corrected chi connectivity index (χ3v) is 4.67. The van der Waals surface area contributed by atoms with Gasteiger partial charge in [0.1, 0.15) is 0 Å². The molecule has 0 unspecified atom stereocenters. The summed E-state index contributed by atoms with van der Waals surface area (Å²) in [6, 6.07) is 9.10. The van der Waals surface area contributed by atoms with E-state index in [1.165, 1.54) is 25.7 Å². The van der Waals surface area contributed by atoms with E-state index in [-0.39, 0.29) is 0 Å². The Balaban J connectivity index is 2.02. The van der Waals surface area contributed by atoms with E-state index in [1.54, 1.807) is 22.3 Å². The first-order valence-electron chi connectivity index (χ1n) is 6.42. The van der Waals surface area contributed by atoms with Crippen LogP contribution in [0.15, 0.2) is 42.0 Å². The van der Waals surface area contributed by atoms with Crippen molar-refractivity contribution in [1.82, 2.24) is 0 Å². The molecule has 4 rings (SSSR count). The monoisotopic (exact) mass is 208 g/mol. The molecule has 0 aromatic heterocycles. The molecule has 0 N–H and O–H groups in total. The highest BCUT2D eigenvalue weighted by atomic mass is 14.5. The SMILES string of the molecule is C1=CC2=C(C1)c1ccccc1C21CCCC1. The van der Waals surface area contributed by atoms with Crippen molar-refractivity contribution in [2.45, 2.75) is 37.5 Å². The molecule has 0 atom stereocenters. The fraction of sp³-hybridized carbons (Fsp3) is 0.375. The molecule has 0 bridgehead atoms. The van der Waals surface area contributed by atoms with Crippen LogP contribution in [0.25, 0.3) is 5.57 Å². The normalized spacial score (nSPS) is 24.2. The summed E-state index contributed by atoms with van der Waals surface area (Å²) in [7, 11) is 0. The van der Waals surface area contributed by atoms with Crippen LogP contribution in [0.4, 0.5) is 0 Å². The van der Waals surface area contributed by atoms with Crippen molar-refractivity contribution in [3.05, 3.63) is 53.1 Å². The van der Waals surface area contributed by atoms with E-state index >= 15 is 0 Å². The number of hydrogen-bond donors (Lipinski definition) is 0. The van der Waals surface area contributed by atoms with E-state index in [0.29, 0.717) is 5.41 Å². The lowest BCUT2D eigenvalue weighted by atomic mass is 9.76. The standard InChI is InChI=1S/C16H16/c1-2-8-14-12(6-1)13-7-5-9-15(13)16(14)10-3-4-11-16/h1-2,5-6,8-9H,3-4,7,10-11H2. The molecule has 0 heterocycles. The van der Waals surface area contributed by atoms with Crippen molar-refractivity contribution >= 4 is 5.57 Å². The van der Waals surface area contributed by atoms with Crippen LogP contribution in [0.2, 0.25) is 0 Å². The molecule has 0 aliphatic heterocycles. The summed E-state index contributed by atoms with van der Waals surface area (Å²) in [5.41, 5.74) is 6.87. The minimum Gasteiger partial charge on any atom is -0.0798 e. The lowest BCUT2D eigenvalue weighted by molar-refractivity contribution is 0.545. The number of benzene rings is 1. The van der Waals surface area contributed by atoms with Crippen LogP contribution in [0.5, 0.6) is 0 Å². The molecule has 3 aliphatic carbocycles. The summed E-state index contributed by atoms with van der Waals surface area (Å²) in [6.07, 6.45) is 11.5. The van der Waals surface area contributed by atoms with Gasteiger partial charge in [-0.1, -0.05) is 49.3 Å². The van der Waals surface area contributed by atoms with E-state index in [2.05, 4.69) is 36.4 Å². The molecule has 0 nitrogen and oxygen atoms in total. The Morgan fingerprint density at radius 1 is 1.00 bits per heavy atom. The molecule has 1 aromatic carbocycles. The highest BCUT2D eigenvalue weighted by Gasteiger charge is 2.45. The van der Waals surface area contributed by atoms with Gasteiger partial charge in [0.25, 0.3) is 0 Å². The van der Waals surface area contributed by atoms with Gasteiger partial charge in [0.05, 0.1) is 0 Å². The predicted molar refractivity (Wildman–Crippen MR) is 67.3 cm³/mol. The second-order valence-corrected chi connectivity index (χ2v) is 5.33. The van der Waals surface area contributed by atoms with Crippen LogP contribution >= 0.6 is 0 Å². The summed E-state index contributed by atoms with van der Waals surface area (Å²) in [5, 5.41) is 0. The van der Waals surface area contributed by atoms with Gasteiger partial charge in [0.2, 0.25) is 0 Å². The van der Waals surface area contributed by atoms with E-state index in [0.717, 1.165) is 6.42 Å². The van der Waals surface area contributed by atoms with Crippen LogP contribution in [0.1, 0.15) is 43.2 Å². The van der Waals surface area contributed by atoms with Gasteiger partial charge in [-0.25, -0.2) is 0 Å². The van der Waals surface area contributed by atoms with Gasteiger partial charge in [0.15, 0.2) is 0 Å². The molecule has 0 radical (unpaired) electrons. The van der Waals surface area contributed by atoms with Gasteiger partial charge in [-0.3, -0.25) is 0 Å². The van der Waals surface area contributed by atoms with Crippen LogP contribution in [-0.4, -0.2) is 0 Å². The maximum absolute atomic E-state index is 2.40. The molecule has 1 saturated carbocycles. The number of rotatable bonds is 0. The Bertz CT molecular complexity index is 511. The van der Waals surface area contributed by atoms with Crippen LogP contribution in [-0.2, 0) is 5.41 Å². The van der Waals surface area contributed by atoms with Crippen molar-refractivity contribution in [2.75, 3.05) is 0 Å². The summed E-state index contributed by atoms with van der Waals surface area (Å²) in [5.74, 6) is 0. The largest absolute Gasteiger partial charge is 0.0798 e. The molecule has 0 amide bonds. The summed E-state index contributed by atoms with van der Waals surface area (Å²) >= 11 is 0. The fourth-order valence-electron chi connectivity index (χ4n) is 4.03. The average molecular weight is 208 g/mol. The quantitative estimate of drug-likeness (QED) is 0.598. The van der Waals surface area contributed by atoms with Crippen LogP contribution < -0.4 is 0 Å². The Hall–Kier alpha value is -1.30. The van der Waals surface area contributed by atoms with Crippen molar-refractivity contribution in [1.29, 1.82) is 0 Å². The van der Waals surface area contributed by atoms with Gasteiger partial charge in [-0.05, 0) is 41.5 Å². The van der Waals surface area contributed by atoms with Gasteiger partial charge in [-0.15, -0.1) is 0 Å². The zero-order valence-corrected chi connectivity index (χ0v) is 9.50. The second-order valence-electron chi connectivity index (χ2n) is 5.33. The van der Waals surface area contributed by atoms with E-state index in [4.69, 9.17) is 0 Å². The molecule has 3 aliphatic rings. The molecular weight excluding hydrogens is 192 g/mol. The predicted octanol–water partition coefficient (Wildman–Crippen LogP) is 4.23. The van der Waals surface area contributed by atoms with Crippen molar-refractivity contribution < 1.29 is 0 Å². The average Bonchev–Trinajstić information content (AvgIpc) is 3.02. The Kier molecular flexibility index (Phi) is 1.59. The molecule has 1 fully saturated rings. The minimum absolute atomic E-state index is 0.416. The zero-order valence-electron chi connectivity index (χ0n) is 9.50.